The van der Waals surface area contributed by atoms with Gasteiger partial charge in [-0.2, -0.15) is 5.11 Å². The van der Waals surface area contributed by atoms with Crippen molar-refractivity contribution in [2.45, 2.75) is 50.7 Å². The number of anilines is 2. The summed E-state index contributed by atoms with van der Waals surface area (Å²) >= 11 is 0. The van der Waals surface area contributed by atoms with Gasteiger partial charge in [0, 0.05) is 17.8 Å². The first kappa shape index (κ1) is 21.1. The number of alkyl halides is 2. The predicted octanol–water partition coefficient (Wildman–Crippen LogP) is 4.84. The van der Waals surface area contributed by atoms with E-state index in [1.807, 2.05) is 19.2 Å². The van der Waals surface area contributed by atoms with Crippen molar-refractivity contribution in [1.29, 1.82) is 5.53 Å². The van der Waals surface area contributed by atoms with Crippen molar-refractivity contribution in [3.63, 3.8) is 0 Å². The first-order valence-corrected chi connectivity index (χ1v) is 10.2. The average molecular weight is 429 g/mol. The Labute approximate surface area is 178 Å². The second kappa shape index (κ2) is 8.54. The Morgan fingerprint density at radius 2 is 2.10 bits per heavy atom. The highest BCUT2D eigenvalue weighted by Crippen LogP contribution is 2.33. The Bertz CT molecular complexity index is 1070. The minimum absolute atomic E-state index is 0.220. The van der Waals surface area contributed by atoms with Gasteiger partial charge in [0.05, 0.1) is 29.5 Å². The molecule has 0 bridgehead atoms. The van der Waals surface area contributed by atoms with Gasteiger partial charge in [-0.1, -0.05) is 6.07 Å². The molecular formula is C21H25F2N7O. The summed E-state index contributed by atoms with van der Waals surface area (Å²) in [5.74, 6) is 0.517. The quantitative estimate of drug-likeness (QED) is 0.402. The van der Waals surface area contributed by atoms with Crippen LogP contribution in [0.4, 0.5) is 26.1 Å². The molecule has 0 saturated heterocycles. The van der Waals surface area contributed by atoms with Crippen LogP contribution in [0.2, 0.25) is 0 Å². The van der Waals surface area contributed by atoms with Gasteiger partial charge in [0.1, 0.15) is 5.69 Å². The lowest BCUT2D eigenvalue weighted by atomic mass is 9.84. The van der Waals surface area contributed by atoms with Gasteiger partial charge in [0.2, 0.25) is 5.95 Å². The van der Waals surface area contributed by atoms with E-state index >= 15 is 0 Å². The second-order valence-corrected chi connectivity index (χ2v) is 8.17. The molecule has 1 aliphatic carbocycles. The Morgan fingerprint density at radius 3 is 2.81 bits per heavy atom. The summed E-state index contributed by atoms with van der Waals surface area (Å²) in [6.45, 7) is 1.35. The van der Waals surface area contributed by atoms with Crippen LogP contribution in [0.3, 0.4) is 0 Å². The van der Waals surface area contributed by atoms with Crippen LogP contribution >= 0.6 is 0 Å². The molecule has 1 saturated carbocycles. The molecule has 0 radical (unpaired) electrons. The van der Waals surface area contributed by atoms with Crippen LogP contribution in [0.1, 0.15) is 32.6 Å². The van der Waals surface area contributed by atoms with E-state index in [2.05, 4.69) is 25.8 Å². The summed E-state index contributed by atoms with van der Waals surface area (Å²) in [6.07, 6.45) is 4.22. The largest absolute Gasteiger partial charge is 0.390 e. The summed E-state index contributed by atoms with van der Waals surface area (Å²) in [4.78, 5) is 4.44. The molecule has 1 aliphatic rings. The molecule has 4 rings (SSSR count). The smallest absolute Gasteiger partial charge is 0.255 e. The summed E-state index contributed by atoms with van der Waals surface area (Å²) in [7, 11) is 0. The van der Waals surface area contributed by atoms with E-state index in [1.54, 1.807) is 28.9 Å². The fourth-order valence-corrected chi connectivity index (χ4v) is 3.91. The zero-order valence-electron chi connectivity index (χ0n) is 17.1. The van der Waals surface area contributed by atoms with Crippen LogP contribution in [-0.2, 0) is 0 Å². The van der Waals surface area contributed by atoms with Gasteiger partial charge in [-0.25, -0.2) is 23.8 Å². The zero-order valence-corrected chi connectivity index (χ0v) is 17.1. The summed E-state index contributed by atoms with van der Waals surface area (Å²) in [6, 6.07) is 7.21. The van der Waals surface area contributed by atoms with E-state index in [9.17, 15) is 13.9 Å². The lowest BCUT2D eigenvalue weighted by Gasteiger charge is -2.33. The molecule has 8 nitrogen and oxygen atoms in total. The number of fused-ring (bicyclic) bond motifs is 1. The molecule has 2 heterocycles. The molecule has 0 aliphatic heterocycles. The van der Waals surface area contributed by atoms with Crippen molar-refractivity contribution in [3.8, 4) is 11.1 Å². The van der Waals surface area contributed by atoms with Crippen LogP contribution in [-0.4, -0.2) is 44.3 Å². The number of halogens is 2. The standard InChI is InChI=1S/C21H25F2N7O/c1-21(31)7-4-14(5-8-21)27-20-26-11-18-15(6-9-30(18)29-20)13-2-3-16(28-24)17(10-13)25-12-19(22)23/h2-3,6,9-11,14,19,24-25,31H,4-5,7-8,12H2,1H3,(H,27,29). The first-order chi connectivity index (χ1) is 14.8. The highest BCUT2D eigenvalue weighted by molar-refractivity contribution is 5.84. The van der Waals surface area contributed by atoms with Crippen molar-refractivity contribution in [2.75, 3.05) is 17.2 Å². The van der Waals surface area contributed by atoms with Crippen LogP contribution in [0.25, 0.3) is 16.6 Å². The van der Waals surface area contributed by atoms with Crippen LogP contribution < -0.4 is 10.6 Å². The molecule has 164 valence electrons. The second-order valence-electron chi connectivity index (χ2n) is 8.17. The van der Waals surface area contributed by atoms with Gasteiger partial charge >= 0.3 is 0 Å². The van der Waals surface area contributed by atoms with Gasteiger partial charge in [0.25, 0.3) is 6.43 Å². The number of aromatic nitrogens is 3. The number of aliphatic hydroxyl groups is 1. The van der Waals surface area contributed by atoms with Gasteiger partial charge in [-0.05, 0) is 56.4 Å². The maximum Gasteiger partial charge on any atom is 0.255 e. The third-order valence-corrected chi connectivity index (χ3v) is 5.69. The monoisotopic (exact) mass is 429 g/mol. The summed E-state index contributed by atoms with van der Waals surface area (Å²) in [5, 5.41) is 24.0. The van der Waals surface area contributed by atoms with Crippen LogP contribution in [0, 0.1) is 5.53 Å². The summed E-state index contributed by atoms with van der Waals surface area (Å²) in [5.41, 5.74) is 9.72. The molecule has 31 heavy (non-hydrogen) atoms. The van der Waals surface area contributed by atoms with E-state index < -0.39 is 18.6 Å². The highest BCUT2D eigenvalue weighted by atomic mass is 19.3. The lowest BCUT2D eigenvalue weighted by molar-refractivity contribution is 0.0195. The van der Waals surface area contributed by atoms with Crippen molar-refractivity contribution < 1.29 is 13.9 Å². The maximum atomic E-state index is 12.6. The van der Waals surface area contributed by atoms with Gasteiger partial charge in [0.15, 0.2) is 0 Å². The first-order valence-electron chi connectivity index (χ1n) is 10.2. The highest BCUT2D eigenvalue weighted by Gasteiger charge is 2.28. The fraction of sp³-hybridized carbons (Fsp3) is 0.429. The van der Waals surface area contributed by atoms with Crippen molar-refractivity contribution in [3.05, 3.63) is 36.7 Å². The third kappa shape index (κ3) is 4.79. The van der Waals surface area contributed by atoms with E-state index in [-0.39, 0.29) is 6.04 Å². The molecule has 0 spiro atoms. The predicted molar refractivity (Wildman–Crippen MR) is 114 cm³/mol. The molecule has 0 unspecified atom stereocenters. The number of nitrogens with one attached hydrogen (secondary N) is 3. The maximum absolute atomic E-state index is 12.6. The Kier molecular flexibility index (Phi) is 5.81. The Hall–Kier alpha value is -3.14. The van der Waals surface area contributed by atoms with E-state index in [0.29, 0.717) is 17.3 Å². The Morgan fingerprint density at radius 1 is 1.32 bits per heavy atom. The summed E-state index contributed by atoms with van der Waals surface area (Å²) < 4.78 is 26.9. The molecule has 1 aromatic carbocycles. The van der Waals surface area contributed by atoms with Gasteiger partial charge in [-0.15, -0.1) is 5.10 Å². The number of hydrogen-bond acceptors (Lipinski definition) is 7. The van der Waals surface area contributed by atoms with Crippen molar-refractivity contribution in [1.82, 2.24) is 14.6 Å². The number of benzene rings is 1. The molecule has 3 aromatic rings. The van der Waals surface area contributed by atoms with Crippen LogP contribution in [0.15, 0.2) is 41.8 Å². The number of rotatable bonds is 7. The van der Waals surface area contributed by atoms with Crippen LogP contribution in [0.5, 0.6) is 0 Å². The molecule has 10 heteroatoms. The minimum atomic E-state index is -2.51. The fourth-order valence-electron chi connectivity index (χ4n) is 3.91. The van der Waals surface area contributed by atoms with Crippen molar-refractivity contribution >= 4 is 22.8 Å². The van der Waals surface area contributed by atoms with Gasteiger partial charge < -0.3 is 15.7 Å². The third-order valence-electron chi connectivity index (χ3n) is 5.69. The van der Waals surface area contributed by atoms with Crippen molar-refractivity contribution in [2.24, 2.45) is 5.11 Å². The normalized spacial score (nSPS) is 21.4. The molecule has 0 amide bonds. The zero-order chi connectivity index (χ0) is 22.0. The van der Waals surface area contributed by atoms with Gasteiger partial charge in [-0.3, -0.25) is 0 Å². The number of nitrogens with zero attached hydrogens (tertiary/aromatic N) is 4. The number of hydrogen-bond donors (Lipinski definition) is 4. The molecule has 4 N–H and O–H groups in total. The lowest BCUT2D eigenvalue weighted by Crippen LogP contribution is -2.36. The minimum Gasteiger partial charge on any atom is -0.390 e. The Balaban J connectivity index is 1.56. The van der Waals surface area contributed by atoms with E-state index in [0.717, 1.165) is 42.3 Å². The van der Waals surface area contributed by atoms with E-state index in [1.165, 1.54) is 0 Å². The molecular weight excluding hydrogens is 404 g/mol. The molecule has 2 aromatic heterocycles. The average Bonchev–Trinajstić information content (AvgIpc) is 3.17. The SMILES string of the molecule is CC1(O)CCC(Nc2ncc3c(-c4ccc(N=N)c(NCC(F)F)c4)ccn3n2)CC1. The topological polar surface area (TPSA) is 111 Å². The molecule has 1 fully saturated rings. The van der Waals surface area contributed by atoms with E-state index in [4.69, 9.17) is 5.53 Å². The molecule has 0 atom stereocenters.